The molecule has 0 aliphatic heterocycles. The molecule has 2 N–H and O–H groups in total. The smallest absolute Gasteiger partial charge is 0.262 e. The van der Waals surface area contributed by atoms with E-state index in [1.54, 1.807) is 23.1 Å². The Morgan fingerprint density at radius 2 is 2.13 bits per heavy atom. The summed E-state index contributed by atoms with van der Waals surface area (Å²) < 4.78 is 1.89. The predicted octanol–water partition coefficient (Wildman–Crippen LogP) is 1.92. The van der Waals surface area contributed by atoms with Gasteiger partial charge in [0.2, 0.25) is 0 Å². The highest BCUT2D eigenvalue weighted by Gasteiger charge is 2.15. The highest BCUT2D eigenvalue weighted by Crippen LogP contribution is 2.13. The van der Waals surface area contributed by atoms with Crippen LogP contribution in [0.15, 0.2) is 23.0 Å². The van der Waals surface area contributed by atoms with Crippen molar-refractivity contribution in [3.8, 4) is 0 Å². The zero-order valence-electron chi connectivity index (χ0n) is 13.3. The number of aromatic nitrogens is 2. The van der Waals surface area contributed by atoms with Crippen molar-refractivity contribution in [3.63, 3.8) is 0 Å². The number of nitrogens with one attached hydrogen (secondary N) is 1. The van der Waals surface area contributed by atoms with Gasteiger partial charge in [-0.2, -0.15) is 0 Å². The number of benzene rings is 1. The Hall–Kier alpha value is -1.99. The summed E-state index contributed by atoms with van der Waals surface area (Å²) in [5.74, 6) is -0.180. The van der Waals surface area contributed by atoms with Gasteiger partial charge in [-0.15, -0.1) is 0 Å². The quantitative estimate of drug-likeness (QED) is 0.791. The van der Waals surface area contributed by atoms with Gasteiger partial charge in [-0.1, -0.05) is 6.92 Å². The molecule has 1 aromatic heterocycles. The first-order valence-corrected chi connectivity index (χ1v) is 8.11. The minimum Gasteiger partial charge on any atom is -0.395 e. The van der Waals surface area contributed by atoms with Gasteiger partial charge in [0.15, 0.2) is 4.77 Å². The summed E-state index contributed by atoms with van der Waals surface area (Å²) >= 11 is 5.24. The van der Waals surface area contributed by atoms with Gasteiger partial charge in [-0.25, -0.2) is 0 Å². The first-order chi connectivity index (χ1) is 11.0. The maximum Gasteiger partial charge on any atom is 0.262 e. The third kappa shape index (κ3) is 3.51. The summed E-state index contributed by atoms with van der Waals surface area (Å²) in [7, 11) is 0. The number of amides is 1. The highest BCUT2D eigenvalue weighted by molar-refractivity contribution is 7.71. The average Bonchev–Trinajstić information content (AvgIpc) is 2.55. The average molecular weight is 335 g/mol. The van der Waals surface area contributed by atoms with Crippen LogP contribution in [0.25, 0.3) is 10.9 Å². The van der Waals surface area contributed by atoms with E-state index in [9.17, 15) is 9.59 Å². The fraction of sp³-hybridized carbons (Fsp3) is 0.438. The number of hydrogen-bond donors (Lipinski definition) is 2. The zero-order valence-corrected chi connectivity index (χ0v) is 14.2. The van der Waals surface area contributed by atoms with Crippen LogP contribution in [0.5, 0.6) is 0 Å². The molecule has 0 spiro atoms. The second-order valence-corrected chi connectivity index (χ2v) is 5.64. The van der Waals surface area contributed by atoms with Gasteiger partial charge in [0, 0.05) is 25.2 Å². The third-order valence-corrected chi connectivity index (χ3v) is 4.04. The standard InChI is InChI=1S/C16H21N3O3S/c1-3-7-19-15(22)12-6-5-11(10-13(12)17-16(19)23)14(21)18(4-2)8-9-20/h5-6,10,20H,3-4,7-9H2,1-2H3,(H,17,23). The van der Waals surface area contributed by atoms with Crippen LogP contribution in [0, 0.1) is 4.77 Å². The van der Waals surface area contributed by atoms with Crippen molar-refractivity contribution in [3.05, 3.63) is 38.9 Å². The molecule has 0 fully saturated rings. The summed E-state index contributed by atoms with van der Waals surface area (Å²) in [6.07, 6.45) is 0.812. The molecule has 2 aromatic rings. The summed E-state index contributed by atoms with van der Waals surface area (Å²) in [5, 5.41) is 9.54. The van der Waals surface area contributed by atoms with Gasteiger partial charge in [0.25, 0.3) is 11.5 Å². The van der Waals surface area contributed by atoms with Crippen LogP contribution in [-0.2, 0) is 6.54 Å². The molecule has 0 unspecified atom stereocenters. The van der Waals surface area contributed by atoms with Crippen LogP contribution in [0.1, 0.15) is 30.6 Å². The van der Waals surface area contributed by atoms with Crippen LogP contribution in [-0.4, -0.2) is 45.2 Å². The Labute approximate surface area is 139 Å². The van der Waals surface area contributed by atoms with Gasteiger partial charge >= 0.3 is 0 Å². The minimum atomic E-state index is -0.180. The number of carbonyl (C=O) groups is 1. The van der Waals surface area contributed by atoms with Gasteiger partial charge in [0.05, 0.1) is 17.5 Å². The van der Waals surface area contributed by atoms with Crippen molar-refractivity contribution >= 4 is 29.0 Å². The first kappa shape index (κ1) is 17.4. The second kappa shape index (κ2) is 7.52. The lowest BCUT2D eigenvalue weighted by atomic mass is 10.1. The largest absolute Gasteiger partial charge is 0.395 e. The Balaban J connectivity index is 2.52. The van der Waals surface area contributed by atoms with Crippen molar-refractivity contribution in [1.29, 1.82) is 0 Å². The molecule has 1 aromatic carbocycles. The van der Waals surface area contributed by atoms with Crippen LogP contribution >= 0.6 is 12.2 Å². The van der Waals surface area contributed by atoms with Crippen molar-refractivity contribution in [2.24, 2.45) is 0 Å². The lowest BCUT2D eigenvalue weighted by Gasteiger charge is -2.19. The van der Waals surface area contributed by atoms with E-state index in [2.05, 4.69) is 4.98 Å². The summed E-state index contributed by atoms with van der Waals surface area (Å²) in [5.41, 5.74) is 0.872. The SMILES string of the molecule is CCCn1c(=S)[nH]c2cc(C(=O)N(CC)CCO)ccc2c1=O. The number of aliphatic hydroxyl groups excluding tert-OH is 1. The number of aromatic amines is 1. The first-order valence-electron chi connectivity index (χ1n) is 7.70. The molecule has 0 atom stereocenters. The molecule has 0 saturated carbocycles. The van der Waals surface area contributed by atoms with E-state index in [-0.39, 0.29) is 24.6 Å². The summed E-state index contributed by atoms with van der Waals surface area (Å²) in [6.45, 7) is 5.09. The van der Waals surface area contributed by atoms with Gasteiger partial charge < -0.3 is 15.0 Å². The van der Waals surface area contributed by atoms with E-state index in [1.165, 1.54) is 4.57 Å². The number of hydrogen-bond acceptors (Lipinski definition) is 4. The van der Waals surface area contributed by atoms with Gasteiger partial charge in [-0.3, -0.25) is 14.2 Å². The third-order valence-electron chi connectivity index (χ3n) is 3.71. The van der Waals surface area contributed by atoms with Crippen molar-refractivity contribution < 1.29 is 9.90 Å². The molecular formula is C16H21N3O3S. The summed E-state index contributed by atoms with van der Waals surface area (Å²) in [6, 6.07) is 4.93. The fourth-order valence-corrected chi connectivity index (χ4v) is 2.80. The molecular weight excluding hydrogens is 314 g/mol. The molecule has 1 amide bonds. The number of nitrogens with zero attached hydrogens (tertiary/aromatic N) is 2. The number of carbonyl (C=O) groups excluding carboxylic acids is 1. The Morgan fingerprint density at radius 1 is 1.39 bits per heavy atom. The van der Waals surface area contributed by atoms with Crippen LogP contribution in [0.2, 0.25) is 0 Å². The second-order valence-electron chi connectivity index (χ2n) is 5.26. The Bertz CT molecular complexity index is 825. The van der Waals surface area contributed by atoms with E-state index < -0.39 is 0 Å². The maximum atomic E-state index is 12.5. The molecule has 23 heavy (non-hydrogen) atoms. The molecule has 1 heterocycles. The maximum absolute atomic E-state index is 12.5. The van der Waals surface area contributed by atoms with Crippen LogP contribution in [0.4, 0.5) is 0 Å². The van der Waals surface area contributed by atoms with E-state index in [4.69, 9.17) is 17.3 Å². The number of aliphatic hydroxyl groups is 1. The Morgan fingerprint density at radius 3 is 2.74 bits per heavy atom. The minimum absolute atomic E-state index is 0.0860. The van der Waals surface area contributed by atoms with Gasteiger partial charge in [0.1, 0.15) is 0 Å². The lowest BCUT2D eigenvalue weighted by molar-refractivity contribution is 0.0732. The lowest BCUT2D eigenvalue weighted by Crippen LogP contribution is -2.33. The monoisotopic (exact) mass is 335 g/mol. The van der Waals surface area contributed by atoms with E-state index in [0.717, 1.165) is 6.42 Å². The van der Waals surface area contributed by atoms with Gasteiger partial charge in [-0.05, 0) is 43.8 Å². The van der Waals surface area contributed by atoms with Crippen LogP contribution in [0.3, 0.4) is 0 Å². The van der Waals surface area contributed by atoms with Crippen molar-refractivity contribution in [2.45, 2.75) is 26.8 Å². The molecule has 0 radical (unpaired) electrons. The zero-order chi connectivity index (χ0) is 17.0. The Kier molecular flexibility index (Phi) is 5.68. The highest BCUT2D eigenvalue weighted by atomic mass is 32.1. The predicted molar refractivity (Wildman–Crippen MR) is 92.3 cm³/mol. The van der Waals surface area contributed by atoms with E-state index >= 15 is 0 Å². The summed E-state index contributed by atoms with van der Waals surface area (Å²) in [4.78, 5) is 29.5. The number of H-pyrrole nitrogens is 1. The van der Waals surface area contributed by atoms with Crippen molar-refractivity contribution in [1.82, 2.24) is 14.5 Å². The molecule has 6 nitrogen and oxygen atoms in total. The van der Waals surface area contributed by atoms with Crippen LogP contribution < -0.4 is 5.56 Å². The fourth-order valence-electron chi connectivity index (χ4n) is 2.52. The van der Waals surface area contributed by atoms with Crippen molar-refractivity contribution in [2.75, 3.05) is 19.7 Å². The molecule has 7 heteroatoms. The molecule has 2 rings (SSSR count). The number of rotatable bonds is 6. The topological polar surface area (TPSA) is 78.3 Å². The molecule has 124 valence electrons. The number of fused-ring (bicyclic) bond motifs is 1. The molecule has 0 aliphatic carbocycles. The number of likely N-dealkylation sites (N-methyl/N-ethyl adjacent to an activating group) is 1. The molecule has 0 bridgehead atoms. The molecule has 0 aliphatic rings. The molecule has 0 saturated heterocycles. The normalized spacial score (nSPS) is 10.9. The van der Waals surface area contributed by atoms with E-state index in [1.807, 2.05) is 13.8 Å². The van der Waals surface area contributed by atoms with E-state index in [0.29, 0.717) is 34.3 Å².